The van der Waals surface area contributed by atoms with Gasteiger partial charge in [0, 0.05) is 37.7 Å². The Labute approximate surface area is 142 Å². The second kappa shape index (κ2) is 6.64. The topological polar surface area (TPSA) is 74.8 Å². The lowest BCUT2D eigenvalue weighted by molar-refractivity contribution is -0.140. The van der Waals surface area contributed by atoms with Crippen molar-refractivity contribution in [3.63, 3.8) is 0 Å². The number of likely N-dealkylation sites (tertiary alicyclic amines) is 1. The van der Waals surface area contributed by atoms with Crippen LogP contribution >= 0.6 is 0 Å². The number of sulfonamides is 1. The van der Waals surface area contributed by atoms with Crippen LogP contribution in [0.3, 0.4) is 0 Å². The van der Waals surface area contributed by atoms with Gasteiger partial charge in [-0.2, -0.15) is 4.31 Å². The predicted molar refractivity (Wildman–Crippen MR) is 89.1 cm³/mol. The minimum absolute atomic E-state index is 0.0585. The summed E-state index contributed by atoms with van der Waals surface area (Å²) >= 11 is 0. The van der Waals surface area contributed by atoms with Gasteiger partial charge in [0.05, 0.1) is 4.90 Å². The van der Waals surface area contributed by atoms with Gasteiger partial charge in [-0.1, -0.05) is 12.1 Å². The van der Waals surface area contributed by atoms with Crippen LogP contribution in [-0.2, 0) is 14.8 Å². The Hall–Kier alpha value is -1.73. The molecule has 2 saturated heterocycles. The number of piperidine rings is 1. The number of nitrogens with zero attached hydrogens (tertiary/aromatic N) is 2. The average molecular weight is 350 g/mol. The Morgan fingerprint density at radius 2 is 1.58 bits per heavy atom. The lowest BCUT2D eigenvalue weighted by Gasteiger charge is -2.37. The molecule has 24 heavy (non-hydrogen) atoms. The smallest absolute Gasteiger partial charge is 0.243 e. The molecule has 3 rings (SSSR count). The van der Waals surface area contributed by atoms with Crippen molar-refractivity contribution in [1.29, 1.82) is 0 Å². The van der Waals surface area contributed by atoms with E-state index in [1.807, 2.05) is 4.90 Å². The van der Waals surface area contributed by atoms with Crippen molar-refractivity contribution in [2.75, 3.05) is 26.2 Å². The Morgan fingerprint density at radius 3 is 2.04 bits per heavy atom. The highest BCUT2D eigenvalue weighted by Crippen LogP contribution is 2.26. The maximum Gasteiger partial charge on any atom is 0.243 e. The van der Waals surface area contributed by atoms with Crippen LogP contribution in [0.2, 0.25) is 0 Å². The first-order valence-electron chi connectivity index (χ1n) is 8.29. The largest absolute Gasteiger partial charge is 0.342 e. The van der Waals surface area contributed by atoms with Crippen molar-refractivity contribution in [1.82, 2.24) is 9.21 Å². The number of carbonyl (C=O) groups excluding carboxylic acids is 2. The van der Waals surface area contributed by atoms with Crippen LogP contribution in [-0.4, -0.2) is 55.5 Å². The number of benzene rings is 1. The molecule has 0 aliphatic carbocycles. The van der Waals surface area contributed by atoms with E-state index < -0.39 is 10.0 Å². The summed E-state index contributed by atoms with van der Waals surface area (Å²) in [5.74, 6) is 0.0187. The van der Waals surface area contributed by atoms with Crippen LogP contribution in [0.4, 0.5) is 0 Å². The molecule has 7 heteroatoms. The summed E-state index contributed by atoms with van der Waals surface area (Å²) in [6.45, 7) is 3.84. The molecule has 1 aromatic rings. The number of ketones is 1. The number of hydrogen-bond donors (Lipinski definition) is 0. The van der Waals surface area contributed by atoms with E-state index in [9.17, 15) is 18.0 Å². The number of rotatable bonds is 4. The third kappa shape index (κ3) is 3.23. The van der Waals surface area contributed by atoms with Crippen molar-refractivity contribution in [3.05, 3.63) is 29.8 Å². The Morgan fingerprint density at radius 1 is 1.00 bits per heavy atom. The lowest BCUT2D eigenvalue weighted by Crippen LogP contribution is -2.48. The van der Waals surface area contributed by atoms with Gasteiger partial charge in [0.25, 0.3) is 0 Å². The van der Waals surface area contributed by atoms with E-state index in [-0.39, 0.29) is 22.5 Å². The molecule has 0 spiro atoms. The highest BCUT2D eigenvalue weighted by atomic mass is 32.2. The molecule has 6 nitrogen and oxygen atoms in total. The van der Waals surface area contributed by atoms with Crippen LogP contribution in [0.5, 0.6) is 0 Å². The second-order valence-electron chi connectivity index (χ2n) is 6.44. The predicted octanol–water partition coefficient (Wildman–Crippen LogP) is 1.52. The summed E-state index contributed by atoms with van der Waals surface area (Å²) in [7, 11) is -3.57. The summed E-state index contributed by atoms with van der Waals surface area (Å²) in [4.78, 5) is 25.6. The fraction of sp³-hybridized carbons (Fsp3) is 0.529. The van der Waals surface area contributed by atoms with Crippen LogP contribution in [0.1, 0.15) is 36.5 Å². The number of carbonyl (C=O) groups is 2. The number of hydrogen-bond acceptors (Lipinski definition) is 4. The highest BCUT2D eigenvalue weighted by Gasteiger charge is 2.34. The monoisotopic (exact) mass is 350 g/mol. The minimum Gasteiger partial charge on any atom is -0.342 e. The molecule has 2 aliphatic rings. The zero-order valence-electron chi connectivity index (χ0n) is 13.8. The molecular weight excluding hydrogens is 328 g/mol. The SMILES string of the molecule is CC(=O)c1ccc(S(=O)(=O)N2CCC(C(=O)N3CCC3)CC2)cc1. The van der Waals surface area contributed by atoms with E-state index in [4.69, 9.17) is 0 Å². The lowest BCUT2D eigenvalue weighted by atomic mass is 9.95. The number of amides is 1. The van der Waals surface area contributed by atoms with Gasteiger partial charge >= 0.3 is 0 Å². The summed E-state index contributed by atoms with van der Waals surface area (Å²) in [5.41, 5.74) is 0.493. The Balaban J connectivity index is 1.66. The average Bonchev–Trinajstić information content (AvgIpc) is 2.53. The summed E-state index contributed by atoms with van der Waals surface area (Å²) < 4.78 is 26.8. The first-order valence-corrected chi connectivity index (χ1v) is 9.73. The molecule has 1 aromatic carbocycles. The fourth-order valence-corrected chi connectivity index (χ4v) is 4.62. The highest BCUT2D eigenvalue weighted by molar-refractivity contribution is 7.89. The van der Waals surface area contributed by atoms with Gasteiger partial charge in [0.2, 0.25) is 15.9 Å². The molecule has 0 radical (unpaired) electrons. The van der Waals surface area contributed by atoms with Gasteiger partial charge in [-0.25, -0.2) is 8.42 Å². The van der Waals surface area contributed by atoms with E-state index in [0.717, 1.165) is 19.5 Å². The molecule has 1 amide bonds. The summed E-state index contributed by atoms with van der Waals surface area (Å²) in [6.07, 6.45) is 2.20. The maximum atomic E-state index is 12.7. The number of Topliss-reactive ketones (excluding diaryl/α,β-unsaturated/α-hetero) is 1. The van der Waals surface area contributed by atoms with E-state index >= 15 is 0 Å². The molecule has 130 valence electrons. The zero-order chi connectivity index (χ0) is 17.3. The van der Waals surface area contributed by atoms with Crippen molar-refractivity contribution in [3.8, 4) is 0 Å². The standard InChI is InChI=1S/C17H22N2O4S/c1-13(20)14-3-5-16(6-4-14)24(22,23)19-11-7-15(8-12-19)17(21)18-9-2-10-18/h3-6,15H,2,7-12H2,1H3. The maximum absolute atomic E-state index is 12.7. The quantitative estimate of drug-likeness (QED) is 0.772. The Kier molecular flexibility index (Phi) is 4.73. The van der Waals surface area contributed by atoms with Crippen LogP contribution in [0, 0.1) is 5.92 Å². The van der Waals surface area contributed by atoms with Crippen molar-refractivity contribution >= 4 is 21.7 Å². The first-order chi connectivity index (χ1) is 11.4. The van der Waals surface area contributed by atoms with Crippen molar-refractivity contribution < 1.29 is 18.0 Å². The second-order valence-corrected chi connectivity index (χ2v) is 8.38. The van der Waals surface area contributed by atoms with Crippen LogP contribution in [0.25, 0.3) is 0 Å². The van der Waals surface area contributed by atoms with Gasteiger partial charge in [0.1, 0.15) is 0 Å². The van der Waals surface area contributed by atoms with E-state index in [1.165, 1.54) is 35.5 Å². The third-order valence-electron chi connectivity index (χ3n) is 4.87. The summed E-state index contributed by atoms with van der Waals surface area (Å²) in [5, 5.41) is 0. The first kappa shape index (κ1) is 17.1. The molecule has 2 heterocycles. The molecule has 0 atom stereocenters. The molecule has 0 bridgehead atoms. The molecule has 2 aliphatic heterocycles. The zero-order valence-corrected chi connectivity index (χ0v) is 14.6. The molecule has 0 N–H and O–H groups in total. The van der Waals surface area contributed by atoms with Gasteiger partial charge in [0.15, 0.2) is 5.78 Å². The minimum atomic E-state index is -3.57. The van der Waals surface area contributed by atoms with Gasteiger partial charge < -0.3 is 4.90 Å². The van der Waals surface area contributed by atoms with Crippen LogP contribution in [0.15, 0.2) is 29.2 Å². The molecular formula is C17H22N2O4S. The third-order valence-corrected chi connectivity index (χ3v) is 6.78. The molecule has 0 unspecified atom stereocenters. The van der Waals surface area contributed by atoms with Gasteiger partial charge in [-0.3, -0.25) is 9.59 Å². The molecule has 0 saturated carbocycles. The molecule has 0 aromatic heterocycles. The van der Waals surface area contributed by atoms with Crippen molar-refractivity contribution in [2.24, 2.45) is 5.92 Å². The van der Waals surface area contributed by atoms with E-state index in [2.05, 4.69) is 0 Å². The summed E-state index contributed by atoms with van der Waals surface area (Å²) in [6, 6.07) is 6.03. The van der Waals surface area contributed by atoms with E-state index in [0.29, 0.717) is 31.5 Å². The normalized spacial score (nSPS) is 19.8. The van der Waals surface area contributed by atoms with Gasteiger partial charge in [-0.15, -0.1) is 0 Å². The molecule has 2 fully saturated rings. The van der Waals surface area contributed by atoms with Crippen LogP contribution < -0.4 is 0 Å². The van der Waals surface area contributed by atoms with Crippen molar-refractivity contribution in [2.45, 2.75) is 31.1 Å². The van der Waals surface area contributed by atoms with E-state index in [1.54, 1.807) is 0 Å². The Bertz CT molecular complexity index is 730. The fourth-order valence-electron chi connectivity index (χ4n) is 3.15. The van der Waals surface area contributed by atoms with Gasteiger partial charge in [-0.05, 0) is 38.3 Å².